The van der Waals surface area contributed by atoms with E-state index in [9.17, 15) is 4.89 Å². The Balaban J connectivity index is 1.79. The van der Waals surface area contributed by atoms with Gasteiger partial charge in [0, 0.05) is 6.04 Å². The van der Waals surface area contributed by atoms with Gasteiger partial charge in [-0.15, -0.1) is 0 Å². The molecule has 2 rings (SSSR count). The highest BCUT2D eigenvalue weighted by Gasteiger charge is 2.19. The Morgan fingerprint density at radius 1 is 1.20 bits per heavy atom. The Morgan fingerprint density at radius 2 is 1.87 bits per heavy atom. The lowest BCUT2D eigenvalue weighted by molar-refractivity contribution is 0.452. The van der Waals surface area contributed by atoms with Crippen LogP contribution in [-0.2, 0) is 0 Å². The van der Waals surface area contributed by atoms with E-state index in [1.807, 2.05) is 30.3 Å². The average Bonchev–Trinajstić information content (AvgIpc) is 2.71. The Morgan fingerprint density at radius 3 is 2.53 bits per heavy atom. The van der Waals surface area contributed by atoms with Crippen molar-refractivity contribution in [2.24, 2.45) is 0 Å². The van der Waals surface area contributed by atoms with E-state index in [-0.39, 0.29) is 0 Å². The van der Waals surface area contributed by atoms with Crippen LogP contribution in [0.15, 0.2) is 30.3 Å². The van der Waals surface area contributed by atoms with E-state index in [2.05, 4.69) is 5.09 Å². The fraction of sp³-hybridized carbons (Fsp3) is 0.455. The zero-order valence-electron chi connectivity index (χ0n) is 8.60. The minimum absolute atomic E-state index is 0.435. The summed E-state index contributed by atoms with van der Waals surface area (Å²) < 4.78 is 5.39. The molecule has 1 unspecified atom stereocenters. The van der Waals surface area contributed by atoms with E-state index >= 15 is 0 Å². The second kappa shape index (κ2) is 5.45. The molecule has 82 valence electrons. The summed E-state index contributed by atoms with van der Waals surface area (Å²) in [5.74, 6) is 0.719. The minimum Gasteiger partial charge on any atom is -0.436 e. The lowest BCUT2D eigenvalue weighted by atomic mass is 10.3. The highest BCUT2D eigenvalue weighted by Crippen LogP contribution is 2.32. The van der Waals surface area contributed by atoms with Gasteiger partial charge in [0.1, 0.15) is 5.75 Å². The molecule has 1 fully saturated rings. The van der Waals surface area contributed by atoms with Gasteiger partial charge < -0.3 is 9.42 Å². The van der Waals surface area contributed by atoms with E-state index in [1.54, 1.807) is 0 Å². The summed E-state index contributed by atoms with van der Waals surface area (Å²) >= 11 is 0. The molecule has 15 heavy (non-hydrogen) atoms. The van der Waals surface area contributed by atoms with Gasteiger partial charge in [0.05, 0.1) is 0 Å². The van der Waals surface area contributed by atoms with Gasteiger partial charge in [0.15, 0.2) is 0 Å². The molecule has 1 aliphatic carbocycles. The monoisotopic (exact) mass is 225 g/mol. The maximum Gasteiger partial charge on any atom is 0.315 e. The summed E-state index contributed by atoms with van der Waals surface area (Å²) in [6.07, 6.45) is 4.81. The molecule has 0 aliphatic heterocycles. The molecule has 0 heterocycles. The standard InChI is InChI=1S/C11H16NO2P/c13-15(12-10-6-4-5-7-10)14-11-8-2-1-3-9-11/h1-3,8-10,12-13H,4-7H2. The zero-order valence-corrected chi connectivity index (χ0v) is 9.49. The fourth-order valence-corrected chi connectivity index (χ4v) is 2.76. The van der Waals surface area contributed by atoms with Crippen LogP contribution in [0, 0.1) is 0 Å². The normalized spacial score (nSPS) is 19.0. The van der Waals surface area contributed by atoms with Crippen molar-refractivity contribution < 1.29 is 9.42 Å². The quantitative estimate of drug-likeness (QED) is 0.774. The van der Waals surface area contributed by atoms with Crippen molar-refractivity contribution in [1.29, 1.82) is 0 Å². The van der Waals surface area contributed by atoms with Crippen molar-refractivity contribution in [2.45, 2.75) is 31.7 Å². The number of benzene rings is 1. The van der Waals surface area contributed by atoms with E-state index in [0.717, 1.165) is 18.6 Å². The molecule has 1 aromatic rings. The van der Waals surface area contributed by atoms with Gasteiger partial charge >= 0.3 is 8.53 Å². The number of hydrogen-bond donors (Lipinski definition) is 2. The lowest BCUT2D eigenvalue weighted by Gasteiger charge is -2.17. The predicted octanol–water partition coefficient (Wildman–Crippen LogP) is 2.82. The summed E-state index contributed by atoms with van der Waals surface area (Å²) in [7, 11) is -1.52. The molecule has 0 bridgehead atoms. The highest BCUT2D eigenvalue weighted by atomic mass is 31.2. The van der Waals surface area contributed by atoms with Crippen LogP contribution in [0.2, 0.25) is 0 Å². The molecule has 2 N–H and O–H groups in total. The molecule has 0 radical (unpaired) electrons. The zero-order chi connectivity index (χ0) is 10.5. The lowest BCUT2D eigenvalue weighted by Crippen LogP contribution is -2.22. The summed E-state index contributed by atoms with van der Waals surface area (Å²) in [5.41, 5.74) is 0. The molecular weight excluding hydrogens is 209 g/mol. The molecule has 0 saturated heterocycles. The minimum atomic E-state index is -1.52. The molecule has 1 aromatic carbocycles. The average molecular weight is 225 g/mol. The van der Waals surface area contributed by atoms with E-state index in [4.69, 9.17) is 4.52 Å². The van der Waals surface area contributed by atoms with Crippen LogP contribution in [-0.4, -0.2) is 10.9 Å². The van der Waals surface area contributed by atoms with Gasteiger partial charge in [-0.1, -0.05) is 31.0 Å². The van der Waals surface area contributed by atoms with Crippen molar-refractivity contribution >= 4 is 8.53 Å². The van der Waals surface area contributed by atoms with E-state index < -0.39 is 8.53 Å². The number of nitrogens with one attached hydrogen (secondary N) is 1. The Bertz CT molecular complexity index is 288. The maximum absolute atomic E-state index is 9.69. The van der Waals surface area contributed by atoms with Crippen molar-refractivity contribution in [2.75, 3.05) is 0 Å². The second-order valence-electron chi connectivity index (χ2n) is 3.79. The van der Waals surface area contributed by atoms with Crippen LogP contribution < -0.4 is 9.61 Å². The highest BCUT2D eigenvalue weighted by molar-refractivity contribution is 7.44. The smallest absolute Gasteiger partial charge is 0.315 e. The number of rotatable bonds is 4. The topological polar surface area (TPSA) is 41.5 Å². The van der Waals surface area contributed by atoms with Gasteiger partial charge in [-0.3, -0.25) is 0 Å². The van der Waals surface area contributed by atoms with Crippen LogP contribution in [0.25, 0.3) is 0 Å². The number of para-hydroxylation sites is 1. The first-order valence-corrected chi connectivity index (χ1v) is 6.54. The third kappa shape index (κ3) is 3.45. The van der Waals surface area contributed by atoms with Crippen molar-refractivity contribution in [3.05, 3.63) is 30.3 Å². The Hall–Kier alpha value is -0.630. The molecule has 3 nitrogen and oxygen atoms in total. The molecular formula is C11H16NO2P. The molecule has 0 amide bonds. The summed E-state index contributed by atoms with van der Waals surface area (Å²) in [6.45, 7) is 0. The summed E-state index contributed by atoms with van der Waals surface area (Å²) in [5, 5.41) is 3.13. The molecule has 1 saturated carbocycles. The Kier molecular flexibility index (Phi) is 3.95. The first-order chi connectivity index (χ1) is 7.34. The van der Waals surface area contributed by atoms with Crippen LogP contribution in [0.5, 0.6) is 5.75 Å². The third-order valence-corrected chi connectivity index (χ3v) is 3.55. The van der Waals surface area contributed by atoms with Gasteiger partial charge in [-0.2, -0.15) is 0 Å². The van der Waals surface area contributed by atoms with Gasteiger partial charge in [0.25, 0.3) is 0 Å². The maximum atomic E-state index is 9.69. The van der Waals surface area contributed by atoms with E-state index in [1.165, 1.54) is 12.8 Å². The largest absolute Gasteiger partial charge is 0.436 e. The van der Waals surface area contributed by atoms with Crippen molar-refractivity contribution in [3.63, 3.8) is 0 Å². The van der Waals surface area contributed by atoms with Gasteiger partial charge in [-0.05, 0) is 25.0 Å². The molecule has 1 atom stereocenters. The van der Waals surface area contributed by atoms with E-state index in [0.29, 0.717) is 6.04 Å². The first-order valence-electron chi connectivity index (χ1n) is 5.33. The van der Waals surface area contributed by atoms with Crippen LogP contribution in [0.4, 0.5) is 0 Å². The SMILES string of the molecule is OP(NC1CCCC1)Oc1ccccc1. The number of hydrogen-bond acceptors (Lipinski definition) is 3. The summed E-state index contributed by atoms with van der Waals surface area (Å²) in [6, 6.07) is 9.85. The fourth-order valence-electron chi connectivity index (χ4n) is 1.82. The second-order valence-corrected chi connectivity index (χ2v) is 4.77. The van der Waals surface area contributed by atoms with Crippen LogP contribution in [0.1, 0.15) is 25.7 Å². The van der Waals surface area contributed by atoms with Crippen LogP contribution >= 0.6 is 8.53 Å². The molecule has 0 spiro atoms. The van der Waals surface area contributed by atoms with Crippen molar-refractivity contribution in [1.82, 2.24) is 5.09 Å². The van der Waals surface area contributed by atoms with Crippen molar-refractivity contribution in [3.8, 4) is 5.75 Å². The van der Waals surface area contributed by atoms with Crippen LogP contribution in [0.3, 0.4) is 0 Å². The summed E-state index contributed by atoms with van der Waals surface area (Å²) in [4.78, 5) is 9.69. The Labute approximate surface area is 91.4 Å². The molecule has 4 heteroatoms. The molecule has 1 aliphatic rings. The molecule has 0 aromatic heterocycles. The first kappa shape index (κ1) is 10.9. The third-order valence-electron chi connectivity index (χ3n) is 2.58. The van der Waals surface area contributed by atoms with Gasteiger partial charge in [0.2, 0.25) is 0 Å². The van der Waals surface area contributed by atoms with Gasteiger partial charge in [-0.25, -0.2) is 5.09 Å². The predicted molar refractivity (Wildman–Crippen MR) is 61.6 cm³/mol.